The number of para-hydroxylation sites is 2. The van der Waals surface area contributed by atoms with Crippen molar-refractivity contribution in [1.82, 2.24) is 15.0 Å². The van der Waals surface area contributed by atoms with Crippen LogP contribution in [0.15, 0.2) is 60.7 Å². The third kappa shape index (κ3) is 5.32. The van der Waals surface area contributed by atoms with E-state index in [1.54, 1.807) is 60.7 Å². The maximum atomic E-state index is 12.9. The third-order valence-electron chi connectivity index (χ3n) is 3.87. The molecule has 0 aliphatic carbocycles. The molecule has 0 bridgehead atoms. The lowest BCUT2D eigenvalue weighted by Crippen LogP contribution is -2.47. The molecule has 12 heteroatoms. The van der Waals surface area contributed by atoms with Crippen molar-refractivity contribution in [2.24, 2.45) is 0 Å². The first kappa shape index (κ1) is 22.1. The fraction of sp³-hybridized carbons (Fsp3) is 0.211. The summed E-state index contributed by atoms with van der Waals surface area (Å²) in [4.78, 5) is 12.8. The second kappa shape index (κ2) is 8.66. The first-order valence-corrected chi connectivity index (χ1v) is 8.73. The molecule has 0 unspecified atom stereocenters. The van der Waals surface area contributed by atoms with Crippen LogP contribution < -0.4 is 15.0 Å². The van der Waals surface area contributed by atoms with Gasteiger partial charge in [-0.1, -0.05) is 36.4 Å². The topological polar surface area (TPSA) is 63.2 Å². The number of nitrogens with zero attached hydrogens (tertiary/aromatic N) is 4. The van der Waals surface area contributed by atoms with Gasteiger partial charge < -0.3 is 10.1 Å². The number of aromatic nitrogens is 3. The molecule has 2 aromatic carbocycles. The van der Waals surface area contributed by atoms with Crippen molar-refractivity contribution in [2.45, 2.75) is 18.5 Å². The average molecular weight is 443 g/mol. The van der Waals surface area contributed by atoms with Crippen molar-refractivity contribution in [3.63, 3.8) is 0 Å². The van der Waals surface area contributed by atoms with Crippen LogP contribution in [0.1, 0.15) is 0 Å². The minimum atomic E-state index is -5.72. The second-order valence-corrected chi connectivity index (χ2v) is 6.08. The first-order valence-electron chi connectivity index (χ1n) is 8.73. The number of ether oxygens (including phenoxy) is 1. The number of nitrogens with one attached hydrogen (secondary N) is 1. The van der Waals surface area contributed by atoms with Crippen LogP contribution in [0.4, 0.5) is 49.6 Å². The summed E-state index contributed by atoms with van der Waals surface area (Å²) in [5, 5.41) is 2.48. The Morgan fingerprint density at radius 2 is 1.26 bits per heavy atom. The van der Waals surface area contributed by atoms with E-state index in [1.165, 1.54) is 11.9 Å². The van der Waals surface area contributed by atoms with Gasteiger partial charge in [-0.2, -0.15) is 41.3 Å². The van der Waals surface area contributed by atoms with Gasteiger partial charge in [0.15, 0.2) is 0 Å². The summed E-state index contributed by atoms with van der Waals surface area (Å²) < 4.78 is 81.8. The maximum absolute atomic E-state index is 12.9. The highest BCUT2D eigenvalue weighted by Crippen LogP contribution is 2.37. The molecule has 0 fully saturated rings. The third-order valence-corrected chi connectivity index (χ3v) is 3.87. The standard InChI is InChI=1S/C19H15F6N5O/c1-26-15-27-16(29-17(28-15)31-14(18(20,21)22)19(23,24)25)30(12-8-4-2-5-9-12)13-10-6-3-7-11-13/h2-11,14H,1H3,(H,26,27,28,29). The molecule has 1 heterocycles. The van der Waals surface area contributed by atoms with Crippen LogP contribution in [0.3, 0.4) is 0 Å². The minimum absolute atomic E-state index is 0.241. The van der Waals surface area contributed by atoms with Gasteiger partial charge in [0, 0.05) is 18.4 Å². The molecule has 1 aromatic heterocycles. The summed E-state index contributed by atoms with van der Waals surface area (Å²) in [5.41, 5.74) is 1.02. The molecule has 31 heavy (non-hydrogen) atoms. The van der Waals surface area contributed by atoms with Crippen LogP contribution in [0.2, 0.25) is 0 Å². The first-order chi connectivity index (χ1) is 14.6. The fourth-order valence-corrected chi connectivity index (χ4v) is 2.57. The Morgan fingerprint density at radius 3 is 1.68 bits per heavy atom. The van der Waals surface area contributed by atoms with Crippen LogP contribution in [-0.4, -0.2) is 40.5 Å². The summed E-state index contributed by atoms with van der Waals surface area (Å²) in [7, 11) is 1.35. The molecular weight excluding hydrogens is 428 g/mol. The van der Waals surface area contributed by atoms with Gasteiger partial charge in [0.1, 0.15) is 0 Å². The van der Waals surface area contributed by atoms with Crippen LogP contribution in [0.5, 0.6) is 6.01 Å². The predicted molar refractivity (Wildman–Crippen MR) is 101 cm³/mol. The van der Waals surface area contributed by atoms with Crippen molar-refractivity contribution in [3.8, 4) is 6.01 Å². The zero-order chi connectivity index (χ0) is 22.6. The van der Waals surface area contributed by atoms with Crippen molar-refractivity contribution in [3.05, 3.63) is 60.7 Å². The van der Waals surface area contributed by atoms with Crippen LogP contribution in [0, 0.1) is 0 Å². The Bertz CT molecular complexity index is 945. The van der Waals surface area contributed by atoms with Gasteiger partial charge in [-0.25, -0.2) is 0 Å². The zero-order valence-corrected chi connectivity index (χ0v) is 15.8. The Kier molecular flexibility index (Phi) is 6.18. The molecular formula is C19H15F6N5O. The lowest BCUT2D eigenvalue weighted by molar-refractivity contribution is -0.301. The molecule has 0 radical (unpaired) electrons. The van der Waals surface area contributed by atoms with Gasteiger partial charge in [0.05, 0.1) is 0 Å². The number of hydrogen-bond acceptors (Lipinski definition) is 6. The Labute approximate surface area is 172 Å². The van der Waals surface area contributed by atoms with Gasteiger partial charge in [0.2, 0.25) is 11.9 Å². The van der Waals surface area contributed by atoms with Crippen molar-refractivity contribution < 1.29 is 31.1 Å². The van der Waals surface area contributed by atoms with Crippen molar-refractivity contribution >= 4 is 23.3 Å². The molecule has 164 valence electrons. The number of anilines is 4. The van der Waals surface area contributed by atoms with E-state index < -0.39 is 24.5 Å². The smallest absolute Gasteiger partial charge is 0.434 e. The lowest BCUT2D eigenvalue weighted by atomic mass is 10.2. The van der Waals surface area contributed by atoms with Crippen LogP contribution >= 0.6 is 0 Å². The normalized spacial score (nSPS) is 12.0. The molecule has 6 nitrogen and oxygen atoms in total. The molecule has 0 aliphatic heterocycles. The van der Waals surface area contributed by atoms with E-state index in [2.05, 4.69) is 25.0 Å². The monoisotopic (exact) mass is 443 g/mol. The molecule has 0 aliphatic rings. The second-order valence-electron chi connectivity index (χ2n) is 6.08. The number of alkyl halides is 6. The predicted octanol–water partition coefficient (Wildman–Crippen LogP) is 5.26. The SMILES string of the molecule is CNc1nc(OC(C(F)(F)F)C(F)(F)F)nc(N(c2ccccc2)c2ccccc2)n1. The van der Waals surface area contributed by atoms with E-state index in [-0.39, 0.29) is 11.9 Å². The number of hydrogen-bond donors (Lipinski definition) is 1. The highest BCUT2D eigenvalue weighted by molar-refractivity contribution is 5.72. The average Bonchev–Trinajstić information content (AvgIpc) is 2.72. The molecule has 0 atom stereocenters. The number of halogens is 6. The highest BCUT2D eigenvalue weighted by atomic mass is 19.4. The highest BCUT2D eigenvalue weighted by Gasteiger charge is 2.59. The summed E-state index contributed by atoms with van der Waals surface area (Å²) >= 11 is 0. The maximum Gasteiger partial charge on any atom is 0.434 e. The van der Waals surface area contributed by atoms with Gasteiger partial charge in [-0.3, -0.25) is 4.90 Å². The largest absolute Gasteiger partial charge is 0.440 e. The van der Waals surface area contributed by atoms with Crippen molar-refractivity contribution in [1.29, 1.82) is 0 Å². The molecule has 0 spiro atoms. The van der Waals surface area contributed by atoms with Gasteiger partial charge in [-0.05, 0) is 24.3 Å². The summed E-state index contributed by atoms with van der Waals surface area (Å²) in [5.74, 6) is -0.519. The minimum Gasteiger partial charge on any atom is -0.440 e. The van der Waals surface area contributed by atoms with Crippen molar-refractivity contribution in [2.75, 3.05) is 17.3 Å². The van der Waals surface area contributed by atoms with E-state index in [1.807, 2.05) is 0 Å². The Hall–Kier alpha value is -3.57. The molecule has 1 N–H and O–H groups in total. The lowest BCUT2D eigenvalue weighted by Gasteiger charge is -2.25. The molecule has 0 amide bonds. The molecule has 3 rings (SSSR count). The van der Waals surface area contributed by atoms with E-state index >= 15 is 0 Å². The zero-order valence-electron chi connectivity index (χ0n) is 15.8. The fourth-order valence-electron chi connectivity index (χ4n) is 2.57. The molecule has 0 saturated carbocycles. The van der Waals surface area contributed by atoms with E-state index in [0.717, 1.165) is 0 Å². The Balaban J connectivity index is 2.11. The van der Waals surface area contributed by atoms with Crippen LogP contribution in [-0.2, 0) is 0 Å². The summed E-state index contributed by atoms with van der Waals surface area (Å²) in [6, 6.07) is 15.8. The van der Waals surface area contributed by atoms with Gasteiger partial charge in [-0.15, -0.1) is 0 Å². The quantitative estimate of drug-likeness (QED) is 0.525. The van der Waals surface area contributed by atoms with Gasteiger partial charge >= 0.3 is 18.4 Å². The summed E-state index contributed by atoms with van der Waals surface area (Å²) in [6.07, 6.45) is -15.5. The number of benzene rings is 2. The molecule has 3 aromatic rings. The van der Waals surface area contributed by atoms with E-state index in [9.17, 15) is 26.3 Å². The number of rotatable bonds is 6. The Morgan fingerprint density at radius 1 is 0.774 bits per heavy atom. The van der Waals surface area contributed by atoms with Gasteiger partial charge in [0.25, 0.3) is 6.10 Å². The van der Waals surface area contributed by atoms with E-state index in [4.69, 9.17) is 0 Å². The van der Waals surface area contributed by atoms with Crippen LogP contribution in [0.25, 0.3) is 0 Å². The molecule has 0 saturated heterocycles. The van der Waals surface area contributed by atoms with E-state index in [0.29, 0.717) is 11.4 Å². The summed E-state index contributed by atoms with van der Waals surface area (Å²) in [6.45, 7) is 0.